The van der Waals surface area contributed by atoms with E-state index in [2.05, 4.69) is 30.1 Å². The van der Waals surface area contributed by atoms with Crippen LogP contribution in [0.5, 0.6) is 11.5 Å². The van der Waals surface area contributed by atoms with Crippen LogP contribution >= 0.6 is 0 Å². The van der Waals surface area contributed by atoms with E-state index < -0.39 is 249 Å². The van der Waals surface area contributed by atoms with E-state index in [0.717, 1.165) is 36.1 Å². The second kappa shape index (κ2) is 30.3. The molecule has 36 heteroatoms. The lowest BCUT2D eigenvalue weighted by atomic mass is 9.77. The molecule has 22 saturated heterocycles. The summed E-state index contributed by atoms with van der Waals surface area (Å²) in [4.78, 5) is 26.0. The number of aliphatic carboxylic acids is 1. The molecule has 0 amide bonds. The number of carboxylic acids is 1. The Labute approximate surface area is 527 Å². The van der Waals surface area contributed by atoms with Crippen molar-refractivity contribution in [3.05, 3.63) is 47.0 Å². The lowest BCUT2D eigenvalue weighted by molar-refractivity contribution is -0.404. The fraction of sp³-hybridized carbons (Fsp3) is 0.754. The number of nitrogens with zero attached hydrogens (tertiary/aromatic N) is 1. The minimum absolute atomic E-state index is 0.0163. The number of carbonyl (C=O) groups excluding carboxylic acids is 1. The first-order chi connectivity index (χ1) is 44.3. The molecule has 12 bridgehead atoms. The Morgan fingerprint density at radius 2 is 0.796 bits per heavy atom. The predicted octanol–water partition coefficient (Wildman–Crippen LogP) is -9.79. The van der Waals surface area contributed by atoms with E-state index in [9.17, 15) is 107 Å². The van der Waals surface area contributed by atoms with E-state index in [1.165, 1.54) is 11.1 Å². The third-order valence-corrected chi connectivity index (χ3v) is 18.2. The van der Waals surface area contributed by atoms with Crippen molar-refractivity contribution in [3.8, 4) is 22.6 Å². The highest BCUT2D eigenvalue weighted by atomic mass is 16.8. The Balaban J connectivity index is 0.000000395. The van der Waals surface area contributed by atoms with Crippen LogP contribution in [0, 0.1) is 0 Å². The highest BCUT2D eigenvalue weighted by Crippen LogP contribution is 2.50. The van der Waals surface area contributed by atoms with Gasteiger partial charge >= 0.3 is 11.9 Å². The Kier molecular flexibility index (Phi) is 23.3. The predicted molar refractivity (Wildman–Crippen MR) is 295 cm³/mol. The average molecular weight is 1340 g/mol. The van der Waals surface area contributed by atoms with Crippen molar-refractivity contribution in [2.75, 3.05) is 53.2 Å². The minimum Gasteiger partial charge on any atom is -0.504 e. The number of likely N-dealkylation sites (N-methyl/N-ethyl adjacent to an activating group) is 1. The van der Waals surface area contributed by atoms with E-state index in [1.807, 2.05) is 6.07 Å². The summed E-state index contributed by atoms with van der Waals surface area (Å²) >= 11 is 0. The number of carboxylic acid groups (broad SMARTS) is 1. The largest absolute Gasteiger partial charge is 0.504 e. The second-order valence-electron chi connectivity index (χ2n) is 24.0. The van der Waals surface area contributed by atoms with Crippen LogP contribution in [0.3, 0.4) is 0 Å². The average Bonchev–Trinajstić information content (AvgIpc) is 0.753. The van der Waals surface area contributed by atoms with Gasteiger partial charge in [0.15, 0.2) is 49.2 Å². The number of aromatic hydroxyl groups is 2. The summed E-state index contributed by atoms with van der Waals surface area (Å²) in [6.45, 7) is -5.10. The summed E-state index contributed by atoms with van der Waals surface area (Å²) in [6, 6.07) is 10.2. The molecular weight excluding hydrogens is 1260 g/mol. The Morgan fingerprint density at radius 1 is 0.452 bits per heavy atom. The molecule has 36 nitrogen and oxygen atoms in total. The van der Waals surface area contributed by atoms with Gasteiger partial charge in [0.05, 0.1) is 45.9 Å². The maximum atomic E-state index is 12.5. The minimum atomic E-state index is -2.27. The molecule has 0 aromatic heterocycles. The second-order valence-corrected chi connectivity index (χ2v) is 24.0. The van der Waals surface area contributed by atoms with E-state index in [4.69, 9.17) is 66.7 Å². The Morgan fingerprint density at radius 3 is 1.14 bits per heavy atom. The van der Waals surface area contributed by atoms with Crippen molar-refractivity contribution < 1.29 is 173 Å². The van der Waals surface area contributed by atoms with Gasteiger partial charge < -0.3 is 164 Å². The molecular formula is C57H81NO35. The summed E-state index contributed by atoms with van der Waals surface area (Å²) in [7, 11) is 2.16. The number of phenolic OH excluding ortho intramolecular Hbond substituents is 2. The number of aliphatic hydroxyl groups excluding tert-OH is 17. The van der Waals surface area contributed by atoms with Gasteiger partial charge in [-0.2, -0.15) is 0 Å². The third-order valence-electron chi connectivity index (χ3n) is 18.2. The van der Waals surface area contributed by atoms with Crippen LogP contribution in [0.25, 0.3) is 11.1 Å². The zero-order chi connectivity index (χ0) is 67.2. The lowest BCUT2D eigenvalue weighted by Gasteiger charge is -2.50. The zero-order valence-corrected chi connectivity index (χ0v) is 49.6. The summed E-state index contributed by atoms with van der Waals surface area (Å²) in [5.74, 6) is -2.52. The molecule has 0 spiro atoms. The molecule has 0 unspecified atom stereocenters. The first kappa shape index (κ1) is 71.5. The van der Waals surface area contributed by atoms with Gasteiger partial charge in [-0.3, -0.25) is 14.5 Å². The van der Waals surface area contributed by atoms with Crippen LogP contribution in [0.1, 0.15) is 35.6 Å². The fourth-order valence-electron chi connectivity index (χ4n) is 13.0. The van der Waals surface area contributed by atoms with Crippen molar-refractivity contribution in [2.24, 2.45) is 0 Å². The zero-order valence-electron chi connectivity index (χ0n) is 49.6. The first-order valence-corrected chi connectivity index (χ1v) is 30.1. The normalized spacial score (nSPS) is 44.4. The molecule has 2 aromatic carbocycles. The molecule has 93 heavy (non-hydrogen) atoms. The smallest absolute Gasteiger partial charge is 0.306 e. The van der Waals surface area contributed by atoms with Crippen LogP contribution in [0.2, 0.25) is 0 Å². The van der Waals surface area contributed by atoms with Gasteiger partial charge in [0.25, 0.3) is 0 Å². The molecule has 26 rings (SSSR count). The van der Waals surface area contributed by atoms with E-state index in [1.54, 1.807) is 6.07 Å². The third kappa shape index (κ3) is 14.4. The molecule has 24 aliphatic rings. The number of ether oxygens (including phenoxy) is 13. The Hall–Kier alpha value is -4.22. The van der Waals surface area contributed by atoms with Crippen molar-refractivity contribution in [3.63, 3.8) is 0 Å². The van der Waals surface area contributed by atoms with E-state index in [0.29, 0.717) is 6.04 Å². The molecule has 23 heterocycles. The number of esters is 1. The first-order valence-electron chi connectivity index (χ1n) is 30.1. The number of hydrogen-bond donors (Lipinski definition) is 20. The Bertz CT molecular complexity index is 2810. The van der Waals surface area contributed by atoms with Crippen molar-refractivity contribution in [1.82, 2.24) is 4.90 Å². The van der Waals surface area contributed by atoms with Gasteiger partial charge in [-0.25, -0.2) is 0 Å². The quantitative estimate of drug-likeness (QED) is 0.0776. The summed E-state index contributed by atoms with van der Waals surface area (Å²) < 4.78 is 73.6. The SMILES string of the molecule is CN1CCc2cccc3c2[C@H]1Cc1ccc(O)c(O)c1-3.O=C(O)CCC(=O)OC[C@H]1O[C@@H]2O[C@H]3[C@H](O)[C@@H](O)[C@@H](O[C@H]4[C@H](O)[C@@H](O)[C@@H](O[C@H]5[C@H](O)[C@@H](O)[C@@H](O[C@H]6[C@H](O)[C@@H](O)[C@@H](O[C@H]7[C@H](O)[C@@H](O)[C@@H](O[C@H]1[C@H](O)[C@H]2O)O[C@@H]7CO)O[C@@H]6CO)O[C@@H]5CO)O[C@@H]4CO)O[C@@H]3CO. The highest BCUT2D eigenvalue weighted by Gasteiger charge is 2.59. The lowest BCUT2D eigenvalue weighted by Crippen LogP contribution is -2.69. The summed E-state index contributed by atoms with van der Waals surface area (Å²) in [6.07, 6.45) is -60.1. The maximum absolute atomic E-state index is 12.5. The van der Waals surface area contributed by atoms with Gasteiger partial charge in [-0.05, 0) is 48.2 Å². The van der Waals surface area contributed by atoms with Gasteiger partial charge in [-0.15, -0.1) is 0 Å². The van der Waals surface area contributed by atoms with Crippen LogP contribution in [0.4, 0.5) is 0 Å². The topological polar surface area (TPSA) is 562 Å². The van der Waals surface area contributed by atoms with Gasteiger partial charge in [0.1, 0.15) is 153 Å². The van der Waals surface area contributed by atoms with Crippen molar-refractivity contribution in [1.29, 1.82) is 0 Å². The molecule has 22 fully saturated rings. The van der Waals surface area contributed by atoms with Crippen LogP contribution < -0.4 is 0 Å². The van der Waals surface area contributed by atoms with Crippen LogP contribution in [0.15, 0.2) is 30.3 Å². The summed E-state index contributed by atoms with van der Waals surface area (Å²) in [5.41, 5.74) is 5.71. The molecule has 20 N–H and O–H groups in total. The number of fused-ring (bicyclic) bond motifs is 2. The van der Waals surface area contributed by atoms with Crippen molar-refractivity contribution in [2.45, 2.75) is 216 Å². The molecule has 1 aliphatic carbocycles. The number of hydrogen-bond acceptors (Lipinski definition) is 35. The number of phenols is 2. The summed E-state index contributed by atoms with van der Waals surface area (Å²) in [5, 5.41) is 216. The van der Waals surface area contributed by atoms with Gasteiger partial charge in [-0.1, -0.05) is 24.3 Å². The number of benzene rings is 2. The number of aliphatic hydroxyl groups is 17. The molecule has 0 radical (unpaired) electrons. The van der Waals surface area contributed by atoms with Gasteiger partial charge in [0, 0.05) is 18.2 Å². The maximum Gasteiger partial charge on any atom is 0.306 e. The monoisotopic (exact) mass is 1340 g/mol. The standard InChI is InChI=1S/C40H64O33.C17H17NO2/c41-3-9-29-17(49)23(55)35(62-9)69-30-10(4-42)64-37(25(57)19(30)51)71-32-12(6-44)66-39(27(59)21(32)53)73-34-14(8-61-16(48)2-1-15(46)47)67-40(28(60)22(34)54)72-33-13(7-45)65-38(26(58)20(33)52)70-31-11(5-43)63-36(68-29)24(56)18(31)50;1-18-8-7-10-3-2-4-12-15(10)13(18)9-11-5-6-14(19)17(20)16(11)12/h9-14,17-45,49-60H,1-8H2,(H,46,47);2-6,13,19-20H,7-9H2,1H3/t9-,10-,11-,12-,13-,14-,17-,18-,19-,20-,21-,22-,23-,24-,25-,26-,27-,28-,29-,30-,31-,32-,33-,34-,35-,36-,37-,38-,39-,40-;13-/m11/s1. The van der Waals surface area contributed by atoms with Gasteiger partial charge in [0.2, 0.25) is 0 Å². The number of rotatable bonds is 10. The van der Waals surface area contributed by atoms with Crippen LogP contribution in [-0.2, 0) is 84.0 Å². The molecule has 31 atom stereocenters. The highest BCUT2D eigenvalue weighted by molar-refractivity contribution is 5.82. The van der Waals surface area contributed by atoms with E-state index >= 15 is 0 Å². The van der Waals surface area contributed by atoms with Crippen molar-refractivity contribution >= 4 is 11.9 Å². The molecule has 0 saturated carbocycles. The molecule has 23 aliphatic heterocycles. The molecule has 524 valence electrons. The molecule has 2 aromatic rings. The van der Waals surface area contributed by atoms with E-state index in [-0.39, 0.29) is 11.5 Å². The van der Waals surface area contributed by atoms with Crippen LogP contribution in [-0.4, -0.2) is 356 Å². The fourth-order valence-corrected chi connectivity index (χ4v) is 13.0. The number of carbonyl (C=O) groups is 2.